The summed E-state index contributed by atoms with van der Waals surface area (Å²) >= 11 is 0. The molecule has 4 heteroatoms. The summed E-state index contributed by atoms with van der Waals surface area (Å²) in [5, 5.41) is 3.29. The highest BCUT2D eigenvalue weighted by Gasteiger charge is 2.34. The third-order valence-electron chi connectivity index (χ3n) is 3.44. The van der Waals surface area contributed by atoms with Crippen LogP contribution in [0.1, 0.15) is 33.1 Å². The van der Waals surface area contributed by atoms with Crippen LogP contribution >= 0.6 is 0 Å². The molecule has 2 heterocycles. The zero-order chi connectivity index (χ0) is 11.6. The minimum atomic E-state index is -0.422. The molecule has 1 amide bonds. The first-order chi connectivity index (χ1) is 7.59. The average molecular weight is 226 g/mol. The summed E-state index contributed by atoms with van der Waals surface area (Å²) in [4.78, 5) is 14.2. The van der Waals surface area contributed by atoms with E-state index in [9.17, 15) is 4.79 Å². The van der Waals surface area contributed by atoms with Crippen LogP contribution in [0.2, 0.25) is 0 Å². The summed E-state index contributed by atoms with van der Waals surface area (Å²) in [6.45, 7) is 7.32. The fourth-order valence-corrected chi connectivity index (χ4v) is 2.45. The van der Waals surface area contributed by atoms with Crippen molar-refractivity contribution in [2.24, 2.45) is 0 Å². The second-order valence-electron chi connectivity index (χ2n) is 5.29. The predicted molar refractivity (Wildman–Crippen MR) is 62.3 cm³/mol. The summed E-state index contributed by atoms with van der Waals surface area (Å²) in [6.07, 6.45) is 3.52. The van der Waals surface area contributed by atoms with Gasteiger partial charge in [0.05, 0.1) is 11.6 Å². The molecule has 1 unspecified atom stereocenters. The van der Waals surface area contributed by atoms with Crippen molar-refractivity contribution in [1.29, 1.82) is 0 Å². The molecule has 0 aromatic rings. The second kappa shape index (κ2) is 4.72. The molecule has 2 aliphatic rings. The molecule has 16 heavy (non-hydrogen) atoms. The molecular weight excluding hydrogens is 204 g/mol. The molecular formula is C12H22N2O2. The molecule has 4 nitrogen and oxygen atoms in total. The minimum Gasteiger partial charge on any atom is -0.376 e. The molecule has 0 saturated carbocycles. The second-order valence-corrected chi connectivity index (χ2v) is 5.29. The van der Waals surface area contributed by atoms with Crippen molar-refractivity contribution >= 4 is 5.91 Å². The van der Waals surface area contributed by atoms with Crippen molar-refractivity contribution in [3.8, 4) is 0 Å². The van der Waals surface area contributed by atoms with Gasteiger partial charge >= 0.3 is 0 Å². The van der Waals surface area contributed by atoms with Gasteiger partial charge in [-0.1, -0.05) is 0 Å². The number of carbonyl (C=O) groups excluding carboxylic acids is 1. The SMILES string of the molecule is CC1(C)NCCCN(CC2CCCO2)C1=O. The van der Waals surface area contributed by atoms with Crippen LogP contribution in [0.15, 0.2) is 0 Å². The summed E-state index contributed by atoms with van der Waals surface area (Å²) in [7, 11) is 0. The Morgan fingerprint density at radius 2 is 2.31 bits per heavy atom. The monoisotopic (exact) mass is 226 g/mol. The number of rotatable bonds is 2. The molecule has 0 bridgehead atoms. The van der Waals surface area contributed by atoms with Crippen molar-refractivity contribution in [3.63, 3.8) is 0 Å². The molecule has 0 radical (unpaired) electrons. The maximum atomic E-state index is 12.3. The first-order valence-electron chi connectivity index (χ1n) is 6.25. The molecule has 92 valence electrons. The van der Waals surface area contributed by atoms with Crippen molar-refractivity contribution in [2.75, 3.05) is 26.2 Å². The quantitative estimate of drug-likeness (QED) is 0.756. The van der Waals surface area contributed by atoms with Crippen LogP contribution in [0.3, 0.4) is 0 Å². The van der Waals surface area contributed by atoms with E-state index in [1.54, 1.807) is 0 Å². The van der Waals surface area contributed by atoms with E-state index in [0.717, 1.165) is 45.5 Å². The van der Waals surface area contributed by atoms with Crippen molar-refractivity contribution in [2.45, 2.75) is 44.8 Å². The Morgan fingerprint density at radius 1 is 1.50 bits per heavy atom. The lowest BCUT2D eigenvalue weighted by Crippen LogP contribution is -2.52. The van der Waals surface area contributed by atoms with Gasteiger partial charge in [-0.15, -0.1) is 0 Å². The molecule has 1 atom stereocenters. The Hall–Kier alpha value is -0.610. The Bertz CT molecular complexity index is 260. The van der Waals surface area contributed by atoms with Crippen LogP contribution in [0.5, 0.6) is 0 Å². The van der Waals surface area contributed by atoms with Crippen LogP contribution < -0.4 is 5.32 Å². The number of carbonyl (C=O) groups is 1. The maximum Gasteiger partial charge on any atom is 0.242 e. The minimum absolute atomic E-state index is 0.209. The number of nitrogens with one attached hydrogen (secondary N) is 1. The average Bonchev–Trinajstić information content (AvgIpc) is 2.70. The molecule has 0 spiro atoms. The number of hydrogen-bond donors (Lipinski definition) is 1. The Balaban J connectivity index is 1.98. The molecule has 2 saturated heterocycles. The van der Waals surface area contributed by atoms with E-state index >= 15 is 0 Å². The van der Waals surface area contributed by atoms with Crippen LogP contribution in [0.4, 0.5) is 0 Å². The Morgan fingerprint density at radius 3 is 3.00 bits per heavy atom. The first kappa shape index (κ1) is 11.9. The van der Waals surface area contributed by atoms with Gasteiger partial charge in [0.2, 0.25) is 5.91 Å². The van der Waals surface area contributed by atoms with E-state index in [1.807, 2.05) is 18.7 Å². The summed E-state index contributed by atoms with van der Waals surface area (Å²) in [5.41, 5.74) is -0.422. The normalized spacial score (nSPS) is 30.5. The fourth-order valence-electron chi connectivity index (χ4n) is 2.45. The number of ether oxygens (including phenoxy) is 1. The number of hydrogen-bond acceptors (Lipinski definition) is 3. The largest absolute Gasteiger partial charge is 0.376 e. The highest BCUT2D eigenvalue weighted by Crippen LogP contribution is 2.17. The number of nitrogens with zero attached hydrogens (tertiary/aromatic N) is 1. The lowest BCUT2D eigenvalue weighted by Gasteiger charge is -2.30. The fraction of sp³-hybridized carbons (Fsp3) is 0.917. The van der Waals surface area contributed by atoms with Gasteiger partial charge in [0.1, 0.15) is 0 Å². The van der Waals surface area contributed by atoms with E-state index in [-0.39, 0.29) is 12.0 Å². The third-order valence-corrected chi connectivity index (χ3v) is 3.44. The van der Waals surface area contributed by atoms with Crippen molar-refractivity contribution < 1.29 is 9.53 Å². The van der Waals surface area contributed by atoms with Gasteiger partial charge in [0.15, 0.2) is 0 Å². The van der Waals surface area contributed by atoms with Crippen LogP contribution in [-0.4, -0.2) is 48.7 Å². The molecule has 2 rings (SSSR count). The lowest BCUT2D eigenvalue weighted by atomic mass is 10.0. The van der Waals surface area contributed by atoms with E-state index in [0.29, 0.717) is 0 Å². The predicted octanol–water partition coefficient (Wildman–Crippen LogP) is 0.766. The van der Waals surface area contributed by atoms with Crippen LogP contribution in [-0.2, 0) is 9.53 Å². The zero-order valence-electron chi connectivity index (χ0n) is 10.3. The standard InChI is InChI=1S/C12H22N2O2/c1-12(2)11(15)14(7-4-6-13-12)9-10-5-3-8-16-10/h10,13H,3-9H2,1-2H3. The molecule has 2 fully saturated rings. The molecule has 1 N–H and O–H groups in total. The third kappa shape index (κ3) is 2.55. The van der Waals surface area contributed by atoms with Gasteiger partial charge < -0.3 is 15.0 Å². The van der Waals surface area contributed by atoms with Gasteiger partial charge in [-0.05, 0) is 39.7 Å². The van der Waals surface area contributed by atoms with E-state index in [4.69, 9.17) is 4.74 Å². The lowest BCUT2D eigenvalue weighted by molar-refractivity contribution is -0.137. The Labute approximate surface area is 97.3 Å². The van der Waals surface area contributed by atoms with Gasteiger partial charge in [0.25, 0.3) is 0 Å². The van der Waals surface area contributed by atoms with Crippen molar-refractivity contribution in [1.82, 2.24) is 10.2 Å². The maximum absolute atomic E-state index is 12.3. The summed E-state index contributed by atoms with van der Waals surface area (Å²) in [5.74, 6) is 0.209. The van der Waals surface area contributed by atoms with Crippen molar-refractivity contribution in [3.05, 3.63) is 0 Å². The summed E-state index contributed by atoms with van der Waals surface area (Å²) < 4.78 is 5.60. The molecule has 0 aromatic heterocycles. The van der Waals surface area contributed by atoms with Crippen LogP contribution in [0, 0.1) is 0 Å². The van der Waals surface area contributed by atoms with Gasteiger partial charge in [-0.25, -0.2) is 0 Å². The van der Waals surface area contributed by atoms with Gasteiger partial charge in [-0.3, -0.25) is 4.79 Å². The smallest absolute Gasteiger partial charge is 0.242 e. The first-order valence-corrected chi connectivity index (χ1v) is 6.25. The Kier molecular flexibility index (Phi) is 3.50. The highest BCUT2D eigenvalue weighted by molar-refractivity contribution is 5.85. The molecule has 0 aliphatic carbocycles. The zero-order valence-corrected chi connectivity index (χ0v) is 10.3. The topological polar surface area (TPSA) is 41.6 Å². The van der Waals surface area contributed by atoms with E-state index < -0.39 is 5.54 Å². The van der Waals surface area contributed by atoms with Gasteiger partial charge in [-0.2, -0.15) is 0 Å². The summed E-state index contributed by atoms with van der Waals surface area (Å²) in [6, 6.07) is 0. The molecule has 2 aliphatic heterocycles. The van der Waals surface area contributed by atoms with Gasteiger partial charge in [0, 0.05) is 19.7 Å². The molecule has 0 aromatic carbocycles. The van der Waals surface area contributed by atoms with E-state index in [2.05, 4.69) is 5.32 Å². The highest BCUT2D eigenvalue weighted by atomic mass is 16.5. The van der Waals surface area contributed by atoms with Crippen LogP contribution in [0.25, 0.3) is 0 Å². The van der Waals surface area contributed by atoms with E-state index in [1.165, 1.54) is 0 Å². The number of amides is 1.